The Labute approximate surface area is 143 Å². The number of rotatable bonds is 8. The van der Waals surface area contributed by atoms with Gasteiger partial charge in [-0.25, -0.2) is 0 Å². The van der Waals surface area contributed by atoms with Crippen LogP contribution in [0.4, 0.5) is 0 Å². The molecule has 1 aromatic heterocycles. The molecule has 5 heteroatoms. The number of nitrogens with one attached hydrogen (secondary N) is 1. The van der Waals surface area contributed by atoms with Crippen molar-refractivity contribution in [1.29, 1.82) is 0 Å². The Bertz CT molecular complexity index is 690. The first-order valence-electron chi connectivity index (χ1n) is 8.42. The molecule has 5 nitrogen and oxygen atoms in total. The van der Waals surface area contributed by atoms with Gasteiger partial charge in [0, 0.05) is 18.5 Å². The van der Waals surface area contributed by atoms with Crippen LogP contribution in [0.1, 0.15) is 42.8 Å². The molecule has 2 aromatic rings. The fourth-order valence-corrected chi connectivity index (χ4v) is 3.09. The van der Waals surface area contributed by atoms with E-state index >= 15 is 0 Å². The Hall–Kier alpha value is -2.01. The van der Waals surface area contributed by atoms with Crippen LogP contribution >= 0.6 is 0 Å². The number of ether oxygens (including phenoxy) is 1. The van der Waals surface area contributed by atoms with Gasteiger partial charge in [-0.3, -0.25) is 4.79 Å². The average molecular weight is 333 g/mol. The minimum atomic E-state index is -0.147. The summed E-state index contributed by atoms with van der Waals surface area (Å²) in [6.45, 7) is 6.77. The van der Waals surface area contributed by atoms with Crippen LogP contribution in [0.15, 0.2) is 22.6 Å². The van der Waals surface area contributed by atoms with Crippen molar-refractivity contribution in [2.45, 2.75) is 33.6 Å². The summed E-state index contributed by atoms with van der Waals surface area (Å²) in [4.78, 5) is 12.7. The second-order valence-corrected chi connectivity index (χ2v) is 6.61. The topological polar surface area (TPSA) is 71.7 Å². The average Bonchev–Trinajstić information content (AvgIpc) is 2.86. The second kappa shape index (κ2) is 8.20. The monoisotopic (exact) mass is 333 g/mol. The quantitative estimate of drug-likeness (QED) is 0.775. The van der Waals surface area contributed by atoms with E-state index in [9.17, 15) is 9.90 Å². The van der Waals surface area contributed by atoms with Crippen molar-refractivity contribution in [2.24, 2.45) is 11.8 Å². The standard InChI is InChI=1S/C19H27NO4/c1-12(2)9-14(7-8-21)11-20-19(22)18-13(3)24-17-6-5-15(23-4)10-16(17)18/h5-6,10,12,14,21H,7-9,11H2,1-4H3,(H,20,22). The fourth-order valence-electron chi connectivity index (χ4n) is 3.09. The molecule has 0 bridgehead atoms. The summed E-state index contributed by atoms with van der Waals surface area (Å²) in [5, 5.41) is 13.0. The van der Waals surface area contributed by atoms with Crippen LogP contribution in [0.3, 0.4) is 0 Å². The summed E-state index contributed by atoms with van der Waals surface area (Å²) >= 11 is 0. The number of amides is 1. The SMILES string of the molecule is COc1ccc2oc(C)c(C(=O)NCC(CCO)CC(C)C)c2c1. The maximum absolute atomic E-state index is 12.7. The van der Waals surface area contributed by atoms with E-state index in [1.807, 2.05) is 18.2 Å². The lowest BCUT2D eigenvalue weighted by Crippen LogP contribution is -2.30. The molecular formula is C19H27NO4. The molecule has 0 fully saturated rings. The van der Waals surface area contributed by atoms with Crippen molar-refractivity contribution in [3.8, 4) is 5.75 Å². The minimum absolute atomic E-state index is 0.137. The highest BCUT2D eigenvalue weighted by atomic mass is 16.5. The van der Waals surface area contributed by atoms with Crippen LogP contribution < -0.4 is 10.1 Å². The molecule has 0 aliphatic rings. The maximum Gasteiger partial charge on any atom is 0.255 e. The number of furan rings is 1. The molecule has 1 atom stereocenters. The van der Waals surface area contributed by atoms with E-state index in [4.69, 9.17) is 9.15 Å². The third kappa shape index (κ3) is 4.29. The molecule has 0 spiro atoms. The van der Waals surface area contributed by atoms with Crippen molar-refractivity contribution in [2.75, 3.05) is 20.3 Å². The molecule has 0 saturated heterocycles. The molecule has 1 unspecified atom stereocenters. The molecule has 0 saturated carbocycles. The number of fused-ring (bicyclic) bond motifs is 1. The van der Waals surface area contributed by atoms with Gasteiger partial charge in [0.2, 0.25) is 0 Å². The van der Waals surface area contributed by atoms with Gasteiger partial charge >= 0.3 is 0 Å². The van der Waals surface area contributed by atoms with E-state index in [0.29, 0.717) is 41.5 Å². The summed E-state index contributed by atoms with van der Waals surface area (Å²) in [7, 11) is 1.60. The molecule has 2 N–H and O–H groups in total. The number of benzene rings is 1. The van der Waals surface area contributed by atoms with Gasteiger partial charge in [0.25, 0.3) is 5.91 Å². The highest BCUT2D eigenvalue weighted by Gasteiger charge is 2.20. The van der Waals surface area contributed by atoms with Crippen LogP contribution in [0, 0.1) is 18.8 Å². The van der Waals surface area contributed by atoms with Crippen LogP contribution in [0.5, 0.6) is 5.75 Å². The van der Waals surface area contributed by atoms with Crippen LogP contribution in [0.25, 0.3) is 11.0 Å². The van der Waals surface area contributed by atoms with Gasteiger partial charge < -0.3 is 19.6 Å². The first kappa shape index (κ1) is 18.3. The number of methoxy groups -OCH3 is 1. The summed E-state index contributed by atoms with van der Waals surface area (Å²) < 4.78 is 10.9. The van der Waals surface area contributed by atoms with Gasteiger partial charge in [0.15, 0.2) is 0 Å². The van der Waals surface area contributed by atoms with E-state index in [1.54, 1.807) is 14.0 Å². The van der Waals surface area contributed by atoms with Crippen molar-refractivity contribution < 1.29 is 19.1 Å². The summed E-state index contributed by atoms with van der Waals surface area (Å²) in [6, 6.07) is 5.44. The Kier molecular flexibility index (Phi) is 6.26. The van der Waals surface area contributed by atoms with Crippen LogP contribution in [-0.4, -0.2) is 31.3 Å². The fraction of sp³-hybridized carbons (Fsp3) is 0.526. The van der Waals surface area contributed by atoms with Crippen LogP contribution in [-0.2, 0) is 0 Å². The maximum atomic E-state index is 12.7. The number of carbonyl (C=O) groups excluding carboxylic acids is 1. The lowest BCUT2D eigenvalue weighted by atomic mass is 9.94. The zero-order chi connectivity index (χ0) is 17.7. The zero-order valence-corrected chi connectivity index (χ0v) is 14.9. The number of aryl methyl sites for hydroxylation is 1. The molecule has 0 radical (unpaired) electrons. The molecule has 1 amide bonds. The largest absolute Gasteiger partial charge is 0.497 e. The second-order valence-electron chi connectivity index (χ2n) is 6.61. The van der Waals surface area contributed by atoms with E-state index < -0.39 is 0 Å². The van der Waals surface area contributed by atoms with E-state index in [-0.39, 0.29) is 18.4 Å². The summed E-state index contributed by atoms with van der Waals surface area (Å²) in [5.74, 6) is 1.94. The van der Waals surface area contributed by atoms with Gasteiger partial charge in [0.1, 0.15) is 17.1 Å². The third-order valence-electron chi connectivity index (χ3n) is 4.19. The molecule has 2 rings (SSSR count). The van der Waals surface area contributed by atoms with Gasteiger partial charge in [0.05, 0.1) is 12.7 Å². The number of hydrogen-bond acceptors (Lipinski definition) is 4. The lowest BCUT2D eigenvalue weighted by molar-refractivity contribution is 0.0941. The normalized spacial score (nSPS) is 12.6. The summed E-state index contributed by atoms with van der Waals surface area (Å²) in [6.07, 6.45) is 1.66. The summed E-state index contributed by atoms with van der Waals surface area (Å²) in [5.41, 5.74) is 1.23. The van der Waals surface area contributed by atoms with Gasteiger partial charge in [-0.2, -0.15) is 0 Å². The first-order valence-corrected chi connectivity index (χ1v) is 8.42. The zero-order valence-electron chi connectivity index (χ0n) is 14.9. The molecule has 1 heterocycles. The van der Waals surface area contributed by atoms with Crippen molar-refractivity contribution in [3.63, 3.8) is 0 Å². The number of hydrogen-bond donors (Lipinski definition) is 2. The molecule has 0 aliphatic heterocycles. The molecule has 0 aliphatic carbocycles. The molecule has 24 heavy (non-hydrogen) atoms. The minimum Gasteiger partial charge on any atom is -0.497 e. The third-order valence-corrected chi connectivity index (χ3v) is 4.19. The number of aliphatic hydroxyl groups excluding tert-OH is 1. The van der Waals surface area contributed by atoms with Gasteiger partial charge in [-0.1, -0.05) is 13.8 Å². The van der Waals surface area contributed by atoms with Gasteiger partial charge in [-0.05, 0) is 49.8 Å². The van der Waals surface area contributed by atoms with Crippen LogP contribution in [0.2, 0.25) is 0 Å². The first-order chi connectivity index (χ1) is 11.5. The number of carbonyl (C=O) groups is 1. The van der Waals surface area contributed by atoms with E-state index in [1.165, 1.54) is 0 Å². The highest BCUT2D eigenvalue weighted by molar-refractivity contribution is 6.07. The highest BCUT2D eigenvalue weighted by Crippen LogP contribution is 2.29. The molecule has 132 valence electrons. The van der Waals surface area contributed by atoms with Gasteiger partial charge in [-0.15, -0.1) is 0 Å². The van der Waals surface area contributed by atoms with E-state index in [0.717, 1.165) is 11.8 Å². The lowest BCUT2D eigenvalue weighted by Gasteiger charge is -2.18. The smallest absolute Gasteiger partial charge is 0.255 e. The molecular weight excluding hydrogens is 306 g/mol. The Morgan fingerprint density at radius 3 is 2.75 bits per heavy atom. The Balaban J connectivity index is 2.16. The van der Waals surface area contributed by atoms with Crippen molar-refractivity contribution in [1.82, 2.24) is 5.32 Å². The Morgan fingerprint density at radius 2 is 2.12 bits per heavy atom. The number of aliphatic hydroxyl groups is 1. The predicted molar refractivity (Wildman–Crippen MR) is 94.5 cm³/mol. The van der Waals surface area contributed by atoms with E-state index in [2.05, 4.69) is 19.2 Å². The predicted octanol–water partition coefficient (Wildman–Crippen LogP) is 3.52. The van der Waals surface area contributed by atoms with Crippen molar-refractivity contribution >= 4 is 16.9 Å². The van der Waals surface area contributed by atoms with Crippen molar-refractivity contribution in [3.05, 3.63) is 29.5 Å². The molecule has 1 aromatic carbocycles. The Morgan fingerprint density at radius 1 is 1.38 bits per heavy atom.